The Balaban J connectivity index is 2.47. The zero-order chi connectivity index (χ0) is 14.0. The molecule has 0 aliphatic rings. The molecule has 1 N–H and O–H groups in total. The summed E-state index contributed by atoms with van der Waals surface area (Å²) in [7, 11) is 1.94. The Labute approximate surface area is 113 Å². The van der Waals surface area contributed by atoms with Crippen LogP contribution in [-0.2, 0) is 0 Å². The maximum atomic E-state index is 13.3. The van der Waals surface area contributed by atoms with E-state index in [9.17, 15) is 4.39 Å². The van der Waals surface area contributed by atoms with Gasteiger partial charge in [0, 0.05) is 17.8 Å². The second-order valence-electron chi connectivity index (χ2n) is 4.93. The minimum absolute atomic E-state index is 0.241. The highest BCUT2D eigenvalue weighted by atomic mass is 19.1. The molecule has 0 saturated heterocycles. The molecular formula is C15H20FN3. The molecule has 0 aliphatic carbocycles. The number of halogens is 1. The number of rotatable bonds is 4. The number of likely N-dealkylation sites (N-methyl/N-ethyl adjacent to an activating group) is 1. The highest BCUT2D eigenvalue weighted by molar-refractivity contribution is 5.38. The Hall–Kier alpha value is -1.68. The molecule has 102 valence electrons. The Morgan fingerprint density at radius 2 is 2.11 bits per heavy atom. The average molecular weight is 261 g/mol. The van der Waals surface area contributed by atoms with Crippen molar-refractivity contribution in [2.75, 3.05) is 13.6 Å². The van der Waals surface area contributed by atoms with Crippen molar-refractivity contribution in [2.45, 2.75) is 26.7 Å². The molecule has 0 bridgehead atoms. The molecule has 1 atom stereocenters. The van der Waals surface area contributed by atoms with Crippen molar-refractivity contribution in [1.82, 2.24) is 15.1 Å². The molecule has 0 radical (unpaired) electrons. The minimum atomic E-state index is -0.241. The van der Waals surface area contributed by atoms with Crippen LogP contribution in [0.4, 0.5) is 4.39 Å². The molecule has 3 nitrogen and oxygen atoms in total. The second-order valence-corrected chi connectivity index (χ2v) is 4.93. The molecule has 1 aromatic carbocycles. The zero-order valence-electron chi connectivity index (χ0n) is 11.9. The maximum Gasteiger partial charge on any atom is 0.125 e. The van der Waals surface area contributed by atoms with Crippen LogP contribution in [0.15, 0.2) is 24.3 Å². The van der Waals surface area contributed by atoms with Crippen molar-refractivity contribution in [2.24, 2.45) is 0 Å². The second kappa shape index (κ2) is 5.53. The van der Waals surface area contributed by atoms with Gasteiger partial charge < -0.3 is 5.32 Å². The van der Waals surface area contributed by atoms with Crippen molar-refractivity contribution in [3.63, 3.8) is 0 Å². The first-order valence-corrected chi connectivity index (χ1v) is 6.51. The van der Waals surface area contributed by atoms with Gasteiger partial charge in [-0.1, -0.05) is 13.0 Å². The van der Waals surface area contributed by atoms with Gasteiger partial charge in [0.25, 0.3) is 0 Å². The summed E-state index contributed by atoms with van der Waals surface area (Å²) < 4.78 is 15.1. The van der Waals surface area contributed by atoms with Gasteiger partial charge >= 0.3 is 0 Å². The summed E-state index contributed by atoms with van der Waals surface area (Å²) in [5.74, 6) is 0.141. The molecule has 2 rings (SSSR count). The van der Waals surface area contributed by atoms with Crippen LogP contribution in [0.3, 0.4) is 0 Å². The van der Waals surface area contributed by atoms with Crippen LogP contribution < -0.4 is 5.32 Å². The van der Waals surface area contributed by atoms with Crippen LogP contribution in [0.25, 0.3) is 5.69 Å². The van der Waals surface area contributed by atoms with Gasteiger partial charge in [-0.2, -0.15) is 5.10 Å². The van der Waals surface area contributed by atoms with Crippen molar-refractivity contribution >= 4 is 0 Å². The van der Waals surface area contributed by atoms with Gasteiger partial charge in [0.2, 0.25) is 0 Å². The van der Waals surface area contributed by atoms with Crippen LogP contribution in [0, 0.1) is 19.7 Å². The molecule has 2 aromatic rings. The molecule has 0 saturated carbocycles. The number of aromatic nitrogens is 2. The number of aryl methyl sites for hydroxylation is 1. The van der Waals surface area contributed by atoms with Crippen LogP contribution in [0.2, 0.25) is 0 Å². The Bertz CT molecular complexity index is 575. The van der Waals surface area contributed by atoms with Gasteiger partial charge in [-0.25, -0.2) is 9.07 Å². The van der Waals surface area contributed by atoms with E-state index in [1.807, 2.05) is 31.6 Å². The fourth-order valence-electron chi connectivity index (χ4n) is 2.64. The predicted octanol–water partition coefficient (Wildman–Crippen LogP) is 2.95. The predicted molar refractivity (Wildman–Crippen MR) is 75.3 cm³/mol. The van der Waals surface area contributed by atoms with Gasteiger partial charge in [0.05, 0.1) is 11.4 Å². The third-order valence-electron chi connectivity index (χ3n) is 3.40. The lowest BCUT2D eigenvalue weighted by Gasteiger charge is -2.12. The summed E-state index contributed by atoms with van der Waals surface area (Å²) in [6, 6.07) is 6.53. The summed E-state index contributed by atoms with van der Waals surface area (Å²) in [5.41, 5.74) is 4.08. The van der Waals surface area contributed by atoms with Gasteiger partial charge in [-0.05, 0) is 45.0 Å². The lowest BCUT2D eigenvalue weighted by atomic mass is 9.99. The monoisotopic (exact) mass is 261 g/mol. The van der Waals surface area contributed by atoms with E-state index in [1.165, 1.54) is 17.7 Å². The summed E-state index contributed by atoms with van der Waals surface area (Å²) >= 11 is 0. The van der Waals surface area contributed by atoms with Crippen molar-refractivity contribution in [1.29, 1.82) is 0 Å². The van der Waals surface area contributed by atoms with Crippen molar-refractivity contribution in [3.05, 3.63) is 47.0 Å². The first-order chi connectivity index (χ1) is 9.04. The van der Waals surface area contributed by atoms with Crippen molar-refractivity contribution in [3.8, 4) is 5.69 Å². The van der Waals surface area contributed by atoms with Crippen LogP contribution >= 0.6 is 0 Å². The SMILES string of the molecule is CNCC(C)c1c(C)nn(-c2cccc(F)c2)c1C. The molecule has 1 unspecified atom stereocenters. The number of hydrogen-bond acceptors (Lipinski definition) is 2. The molecule has 0 aliphatic heterocycles. The number of nitrogens with one attached hydrogen (secondary N) is 1. The van der Waals surface area contributed by atoms with Crippen LogP contribution in [-0.4, -0.2) is 23.4 Å². The molecular weight excluding hydrogens is 241 g/mol. The van der Waals surface area contributed by atoms with Crippen LogP contribution in [0.5, 0.6) is 0 Å². The minimum Gasteiger partial charge on any atom is -0.319 e. The lowest BCUT2D eigenvalue weighted by molar-refractivity contribution is 0.625. The Morgan fingerprint density at radius 3 is 2.74 bits per heavy atom. The van der Waals surface area contributed by atoms with E-state index in [0.29, 0.717) is 5.92 Å². The summed E-state index contributed by atoms with van der Waals surface area (Å²) in [4.78, 5) is 0. The third kappa shape index (κ3) is 2.68. The first-order valence-electron chi connectivity index (χ1n) is 6.51. The van der Waals surface area contributed by atoms with E-state index in [-0.39, 0.29) is 5.82 Å². The number of nitrogens with zero attached hydrogens (tertiary/aromatic N) is 2. The fourth-order valence-corrected chi connectivity index (χ4v) is 2.64. The van der Waals surface area contributed by atoms with Gasteiger partial charge in [-0.3, -0.25) is 0 Å². The molecule has 0 spiro atoms. The third-order valence-corrected chi connectivity index (χ3v) is 3.40. The maximum absolute atomic E-state index is 13.3. The summed E-state index contributed by atoms with van der Waals surface area (Å²) in [6.45, 7) is 7.11. The summed E-state index contributed by atoms with van der Waals surface area (Å²) in [6.07, 6.45) is 0. The molecule has 4 heteroatoms. The first kappa shape index (κ1) is 13.7. The van der Waals surface area contributed by atoms with Gasteiger partial charge in [-0.15, -0.1) is 0 Å². The largest absolute Gasteiger partial charge is 0.319 e. The molecule has 0 fully saturated rings. The zero-order valence-corrected chi connectivity index (χ0v) is 11.9. The topological polar surface area (TPSA) is 29.9 Å². The number of hydrogen-bond donors (Lipinski definition) is 1. The van der Waals surface area contributed by atoms with E-state index >= 15 is 0 Å². The normalized spacial score (nSPS) is 12.7. The Morgan fingerprint density at radius 1 is 1.37 bits per heavy atom. The lowest BCUT2D eigenvalue weighted by Crippen LogP contribution is -2.15. The molecule has 19 heavy (non-hydrogen) atoms. The van der Waals surface area contributed by atoms with E-state index < -0.39 is 0 Å². The van der Waals surface area contributed by atoms with E-state index in [1.54, 1.807) is 6.07 Å². The molecule has 0 amide bonds. The smallest absolute Gasteiger partial charge is 0.125 e. The standard InChI is InChI=1S/C15H20FN3/c1-10(9-17-4)15-11(2)18-19(12(15)3)14-7-5-6-13(16)8-14/h5-8,10,17H,9H2,1-4H3. The highest BCUT2D eigenvalue weighted by Crippen LogP contribution is 2.25. The van der Waals surface area contributed by atoms with Crippen LogP contribution in [0.1, 0.15) is 29.8 Å². The molecule has 1 heterocycles. The Kier molecular flexibility index (Phi) is 4.00. The molecule has 1 aromatic heterocycles. The fraction of sp³-hybridized carbons (Fsp3) is 0.400. The average Bonchev–Trinajstić information content (AvgIpc) is 2.65. The van der Waals surface area contributed by atoms with Gasteiger partial charge in [0.15, 0.2) is 0 Å². The van der Waals surface area contributed by atoms with Gasteiger partial charge in [0.1, 0.15) is 5.82 Å². The van der Waals surface area contributed by atoms with E-state index in [2.05, 4.69) is 17.3 Å². The van der Waals surface area contributed by atoms with Crippen molar-refractivity contribution < 1.29 is 4.39 Å². The van der Waals surface area contributed by atoms with E-state index in [4.69, 9.17) is 0 Å². The number of benzene rings is 1. The highest BCUT2D eigenvalue weighted by Gasteiger charge is 2.17. The summed E-state index contributed by atoms with van der Waals surface area (Å²) in [5, 5.41) is 7.73. The van der Waals surface area contributed by atoms with E-state index in [0.717, 1.165) is 23.6 Å². The quantitative estimate of drug-likeness (QED) is 0.917.